The van der Waals surface area contributed by atoms with Crippen LogP contribution in [0.5, 0.6) is 0 Å². The molecule has 0 bridgehead atoms. The van der Waals surface area contributed by atoms with Gasteiger partial charge in [-0.3, -0.25) is 4.79 Å². The minimum absolute atomic E-state index is 0.175. The van der Waals surface area contributed by atoms with Crippen LogP contribution in [-0.2, 0) is 4.79 Å². The first-order valence-electron chi connectivity index (χ1n) is 7.88. The third-order valence-corrected chi connectivity index (χ3v) is 4.43. The van der Waals surface area contributed by atoms with Crippen LogP contribution in [0.25, 0.3) is 0 Å². The van der Waals surface area contributed by atoms with Gasteiger partial charge in [0.05, 0.1) is 5.54 Å². The number of hydrogen-bond donors (Lipinski definition) is 2. The molecule has 4 heteroatoms. The molecule has 0 aromatic carbocycles. The third kappa shape index (κ3) is 4.18. The van der Waals surface area contributed by atoms with E-state index in [2.05, 4.69) is 24.1 Å². The van der Waals surface area contributed by atoms with Crippen LogP contribution >= 0.6 is 0 Å². The van der Waals surface area contributed by atoms with Crippen molar-refractivity contribution < 1.29 is 4.79 Å². The number of hydrogen-bond acceptors (Lipinski definition) is 3. The molecule has 1 saturated carbocycles. The first kappa shape index (κ1) is 16.4. The molecule has 0 aromatic heterocycles. The second-order valence-corrected chi connectivity index (χ2v) is 5.71. The number of nitrogens with zero attached hydrogens (tertiary/aromatic N) is 1. The smallest absolute Gasteiger partial charge is 0.237 e. The van der Waals surface area contributed by atoms with E-state index in [4.69, 9.17) is 5.73 Å². The average Bonchev–Trinajstić information content (AvgIpc) is 2.40. The molecule has 1 aliphatic rings. The molecule has 19 heavy (non-hydrogen) atoms. The van der Waals surface area contributed by atoms with Crippen LogP contribution in [0.4, 0.5) is 0 Å². The van der Waals surface area contributed by atoms with Crippen molar-refractivity contribution in [3.63, 3.8) is 0 Å². The summed E-state index contributed by atoms with van der Waals surface area (Å²) in [4.78, 5) is 14.4. The van der Waals surface area contributed by atoms with Crippen LogP contribution in [0.15, 0.2) is 0 Å². The van der Waals surface area contributed by atoms with E-state index in [-0.39, 0.29) is 5.91 Å². The fourth-order valence-electron chi connectivity index (χ4n) is 3.33. The van der Waals surface area contributed by atoms with Gasteiger partial charge in [0, 0.05) is 6.04 Å². The summed E-state index contributed by atoms with van der Waals surface area (Å²) < 4.78 is 0. The van der Waals surface area contributed by atoms with E-state index in [1.165, 1.54) is 19.3 Å². The fraction of sp³-hybridized carbons (Fsp3) is 0.933. The Labute approximate surface area is 118 Å². The van der Waals surface area contributed by atoms with Gasteiger partial charge in [-0.25, -0.2) is 0 Å². The first-order chi connectivity index (χ1) is 9.09. The van der Waals surface area contributed by atoms with E-state index < -0.39 is 5.54 Å². The van der Waals surface area contributed by atoms with Crippen molar-refractivity contribution in [2.75, 3.05) is 19.6 Å². The van der Waals surface area contributed by atoms with Gasteiger partial charge in [0.2, 0.25) is 5.91 Å². The van der Waals surface area contributed by atoms with Crippen LogP contribution in [0, 0.1) is 0 Å². The molecular formula is C15H31N3O. The van der Waals surface area contributed by atoms with Gasteiger partial charge in [0.15, 0.2) is 0 Å². The van der Waals surface area contributed by atoms with E-state index in [0.717, 1.165) is 38.9 Å². The lowest BCUT2D eigenvalue weighted by Crippen LogP contribution is -2.60. The number of carbonyl (C=O) groups excluding carboxylic acids is 1. The molecule has 0 aliphatic heterocycles. The standard InChI is InChI=1S/C15H31N3O/c1-4-7-11-18(6-3)13-9-8-10-15(12-13,14(16)19)17-5-2/h13,17H,4-12H2,1-3H3,(H2,16,19). The van der Waals surface area contributed by atoms with Crippen LogP contribution < -0.4 is 11.1 Å². The maximum atomic E-state index is 11.9. The largest absolute Gasteiger partial charge is 0.368 e. The summed E-state index contributed by atoms with van der Waals surface area (Å²) in [5.41, 5.74) is 5.20. The van der Waals surface area contributed by atoms with Gasteiger partial charge in [0.25, 0.3) is 0 Å². The van der Waals surface area contributed by atoms with Crippen molar-refractivity contribution in [2.45, 2.75) is 70.9 Å². The third-order valence-electron chi connectivity index (χ3n) is 4.43. The Balaban J connectivity index is 2.72. The summed E-state index contributed by atoms with van der Waals surface area (Å²) in [5.74, 6) is -0.175. The summed E-state index contributed by atoms with van der Waals surface area (Å²) in [6.07, 6.45) is 6.49. The number of nitrogens with one attached hydrogen (secondary N) is 1. The highest BCUT2D eigenvalue weighted by Gasteiger charge is 2.41. The molecule has 2 unspecified atom stereocenters. The second-order valence-electron chi connectivity index (χ2n) is 5.71. The zero-order valence-electron chi connectivity index (χ0n) is 12.9. The van der Waals surface area contributed by atoms with Crippen molar-refractivity contribution in [3.05, 3.63) is 0 Å². The summed E-state index contributed by atoms with van der Waals surface area (Å²) in [5, 5.41) is 3.36. The molecule has 0 heterocycles. The molecule has 1 fully saturated rings. The maximum Gasteiger partial charge on any atom is 0.237 e. The van der Waals surface area contributed by atoms with Crippen LogP contribution in [-0.4, -0.2) is 42.0 Å². The van der Waals surface area contributed by atoms with Crippen molar-refractivity contribution in [1.82, 2.24) is 10.2 Å². The minimum Gasteiger partial charge on any atom is -0.368 e. The number of primary amides is 1. The Morgan fingerprint density at radius 1 is 1.42 bits per heavy atom. The van der Waals surface area contributed by atoms with Gasteiger partial charge in [0.1, 0.15) is 0 Å². The molecule has 1 amide bonds. The van der Waals surface area contributed by atoms with E-state index >= 15 is 0 Å². The highest BCUT2D eigenvalue weighted by molar-refractivity contribution is 5.84. The monoisotopic (exact) mass is 269 g/mol. The zero-order valence-corrected chi connectivity index (χ0v) is 12.9. The topological polar surface area (TPSA) is 58.4 Å². The SMILES string of the molecule is CCCCN(CC)C1CCCC(NCC)(C(N)=O)C1. The van der Waals surface area contributed by atoms with Gasteiger partial charge in [-0.15, -0.1) is 0 Å². The Bertz CT molecular complexity index is 279. The summed E-state index contributed by atoms with van der Waals surface area (Å²) in [7, 11) is 0. The molecule has 1 rings (SSSR count). The number of rotatable bonds is 8. The zero-order chi connectivity index (χ0) is 14.3. The second kappa shape index (κ2) is 7.85. The summed E-state index contributed by atoms with van der Waals surface area (Å²) >= 11 is 0. The van der Waals surface area contributed by atoms with E-state index in [1.54, 1.807) is 0 Å². The van der Waals surface area contributed by atoms with E-state index in [1.807, 2.05) is 6.92 Å². The van der Waals surface area contributed by atoms with Crippen molar-refractivity contribution in [2.24, 2.45) is 5.73 Å². The number of amides is 1. The molecule has 2 atom stereocenters. The highest BCUT2D eigenvalue weighted by atomic mass is 16.1. The predicted molar refractivity (Wildman–Crippen MR) is 80.0 cm³/mol. The minimum atomic E-state index is -0.475. The molecule has 0 radical (unpaired) electrons. The number of unbranched alkanes of at least 4 members (excludes halogenated alkanes) is 1. The van der Waals surface area contributed by atoms with Crippen LogP contribution in [0.1, 0.15) is 59.3 Å². The molecule has 0 spiro atoms. The van der Waals surface area contributed by atoms with Crippen molar-refractivity contribution in [1.29, 1.82) is 0 Å². The molecule has 3 N–H and O–H groups in total. The molecule has 1 aliphatic carbocycles. The Hall–Kier alpha value is -0.610. The number of carbonyl (C=O) groups is 1. The van der Waals surface area contributed by atoms with Gasteiger partial charge in [-0.05, 0) is 51.7 Å². The van der Waals surface area contributed by atoms with E-state index in [9.17, 15) is 4.79 Å². The van der Waals surface area contributed by atoms with Crippen LogP contribution in [0.2, 0.25) is 0 Å². The summed E-state index contributed by atoms with van der Waals surface area (Å²) in [6, 6.07) is 0.497. The van der Waals surface area contributed by atoms with Gasteiger partial charge < -0.3 is 16.0 Å². The Morgan fingerprint density at radius 2 is 2.16 bits per heavy atom. The Morgan fingerprint density at radius 3 is 2.68 bits per heavy atom. The van der Waals surface area contributed by atoms with Gasteiger partial charge in [-0.2, -0.15) is 0 Å². The summed E-state index contributed by atoms with van der Waals surface area (Å²) in [6.45, 7) is 9.48. The molecule has 0 saturated heterocycles. The average molecular weight is 269 g/mol. The molecule has 112 valence electrons. The van der Waals surface area contributed by atoms with Gasteiger partial charge >= 0.3 is 0 Å². The van der Waals surface area contributed by atoms with Gasteiger partial charge in [-0.1, -0.05) is 27.2 Å². The molecule has 4 nitrogen and oxygen atoms in total. The Kier molecular flexibility index (Phi) is 6.80. The lowest BCUT2D eigenvalue weighted by Gasteiger charge is -2.43. The van der Waals surface area contributed by atoms with Crippen molar-refractivity contribution >= 4 is 5.91 Å². The predicted octanol–water partition coefficient (Wildman–Crippen LogP) is 1.88. The maximum absolute atomic E-state index is 11.9. The molecule has 0 aromatic rings. The number of nitrogens with two attached hydrogens (primary N) is 1. The molecular weight excluding hydrogens is 238 g/mol. The highest BCUT2D eigenvalue weighted by Crippen LogP contribution is 2.31. The van der Waals surface area contributed by atoms with E-state index in [0.29, 0.717) is 6.04 Å². The van der Waals surface area contributed by atoms with Crippen molar-refractivity contribution in [3.8, 4) is 0 Å². The van der Waals surface area contributed by atoms with Crippen LogP contribution in [0.3, 0.4) is 0 Å². The number of likely N-dealkylation sites (N-methyl/N-ethyl adjacent to an activating group) is 1. The normalized spacial score (nSPS) is 27.7. The fourth-order valence-corrected chi connectivity index (χ4v) is 3.33. The quantitative estimate of drug-likeness (QED) is 0.707. The lowest BCUT2D eigenvalue weighted by atomic mass is 9.77. The first-order valence-corrected chi connectivity index (χ1v) is 7.88. The lowest BCUT2D eigenvalue weighted by molar-refractivity contribution is -0.126.